The molecule has 0 saturated carbocycles. The molecule has 0 saturated heterocycles. The van der Waals surface area contributed by atoms with Crippen LogP contribution in [-0.2, 0) is 0 Å². The van der Waals surface area contributed by atoms with E-state index in [9.17, 15) is 0 Å². The van der Waals surface area contributed by atoms with Crippen LogP contribution in [0.3, 0.4) is 0 Å². The molecule has 2 N–H and O–H groups in total. The molecule has 0 aliphatic carbocycles. The van der Waals surface area contributed by atoms with E-state index < -0.39 is 0 Å². The Morgan fingerprint density at radius 3 is 2.67 bits per heavy atom. The number of hydrogen-bond acceptors (Lipinski definition) is 4. The van der Waals surface area contributed by atoms with Crippen LogP contribution in [-0.4, -0.2) is 29.9 Å². The van der Waals surface area contributed by atoms with Crippen molar-refractivity contribution in [2.75, 3.05) is 20.6 Å². The summed E-state index contributed by atoms with van der Waals surface area (Å²) in [5.74, 6) is 0. The Balaban J connectivity index is 2.87. The second-order valence-electron chi connectivity index (χ2n) is 3.07. The summed E-state index contributed by atoms with van der Waals surface area (Å²) in [5.41, 5.74) is 8.03. The van der Waals surface area contributed by atoms with Crippen LogP contribution in [0.2, 0.25) is 0 Å². The molecule has 1 aromatic heterocycles. The first kappa shape index (κ1) is 9.64. The van der Waals surface area contributed by atoms with E-state index in [0.717, 1.165) is 5.69 Å². The maximum atomic E-state index is 5.67. The third-order valence-corrected chi connectivity index (χ3v) is 2.73. The summed E-state index contributed by atoms with van der Waals surface area (Å²) < 4.78 is 4.23. The Labute approximate surface area is 77.4 Å². The molecule has 1 atom stereocenters. The summed E-state index contributed by atoms with van der Waals surface area (Å²) in [6.45, 7) is 2.67. The Hall–Kier alpha value is -0.450. The van der Waals surface area contributed by atoms with Crippen molar-refractivity contribution in [2.24, 2.45) is 5.73 Å². The van der Waals surface area contributed by atoms with Crippen LogP contribution in [0.15, 0.2) is 5.38 Å². The van der Waals surface area contributed by atoms with Gasteiger partial charge in [-0.05, 0) is 32.6 Å². The lowest BCUT2D eigenvalue weighted by Crippen LogP contribution is -2.27. The van der Waals surface area contributed by atoms with Gasteiger partial charge in [-0.3, -0.25) is 0 Å². The van der Waals surface area contributed by atoms with E-state index in [1.807, 2.05) is 21.0 Å². The van der Waals surface area contributed by atoms with Crippen LogP contribution < -0.4 is 5.73 Å². The highest BCUT2D eigenvalue weighted by molar-refractivity contribution is 7.03. The number of nitrogens with zero attached hydrogens (tertiary/aromatic N) is 2. The predicted molar refractivity (Wildman–Crippen MR) is 52.3 cm³/mol. The first-order valence-corrected chi connectivity index (χ1v) is 4.77. The number of aryl methyl sites for hydroxylation is 1. The Morgan fingerprint density at radius 2 is 2.33 bits per heavy atom. The van der Waals surface area contributed by atoms with Gasteiger partial charge < -0.3 is 10.6 Å². The molecule has 12 heavy (non-hydrogen) atoms. The molecule has 0 amide bonds. The number of likely N-dealkylation sites (N-methyl/N-ethyl adjacent to an activating group) is 1. The summed E-state index contributed by atoms with van der Waals surface area (Å²) >= 11 is 1.50. The fourth-order valence-electron chi connectivity index (χ4n) is 1.24. The summed E-state index contributed by atoms with van der Waals surface area (Å²) in [6.07, 6.45) is 0. The smallest absolute Gasteiger partial charge is 0.0559 e. The fourth-order valence-corrected chi connectivity index (χ4v) is 1.99. The monoisotopic (exact) mass is 185 g/mol. The van der Waals surface area contributed by atoms with Gasteiger partial charge in [0.05, 0.1) is 5.69 Å². The quantitative estimate of drug-likeness (QED) is 0.764. The molecule has 1 heterocycles. The fraction of sp³-hybridized carbons (Fsp3) is 0.625. The van der Waals surface area contributed by atoms with Crippen molar-refractivity contribution in [3.63, 3.8) is 0 Å². The van der Waals surface area contributed by atoms with Gasteiger partial charge in [0.25, 0.3) is 0 Å². The molecule has 0 aliphatic rings. The molecule has 68 valence electrons. The molecule has 0 aliphatic heterocycles. The molecule has 1 rings (SSSR count). The van der Waals surface area contributed by atoms with Crippen LogP contribution in [0.25, 0.3) is 0 Å². The maximum Gasteiger partial charge on any atom is 0.0559 e. The largest absolute Gasteiger partial charge is 0.329 e. The van der Waals surface area contributed by atoms with E-state index in [1.54, 1.807) is 0 Å². The molecule has 0 bridgehead atoms. The molecule has 4 heteroatoms. The van der Waals surface area contributed by atoms with Gasteiger partial charge in [-0.15, -0.1) is 0 Å². The van der Waals surface area contributed by atoms with Gasteiger partial charge in [-0.25, -0.2) is 0 Å². The molecular formula is C8H15N3S. The van der Waals surface area contributed by atoms with Crippen molar-refractivity contribution in [3.8, 4) is 0 Å². The van der Waals surface area contributed by atoms with E-state index >= 15 is 0 Å². The van der Waals surface area contributed by atoms with Crippen LogP contribution in [0.4, 0.5) is 0 Å². The molecule has 3 nitrogen and oxygen atoms in total. The van der Waals surface area contributed by atoms with Crippen molar-refractivity contribution >= 4 is 11.5 Å². The van der Waals surface area contributed by atoms with Crippen molar-refractivity contribution in [2.45, 2.75) is 13.0 Å². The van der Waals surface area contributed by atoms with Crippen LogP contribution in [0.1, 0.15) is 17.3 Å². The average molecular weight is 185 g/mol. The zero-order valence-corrected chi connectivity index (χ0v) is 8.56. The minimum Gasteiger partial charge on any atom is -0.329 e. The van der Waals surface area contributed by atoms with E-state index in [4.69, 9.17) is 5.73 Å². The Morgan fingerprint density at radius 1 is 1.67 bits per heavy atom. The molecule has 0 fully saturated rings. The summed E-state index contributed by atoms with van der Waals surface area (Å²) in [5, 5.41) is 2.08. The molecular weight excluding hydrogens is 170 g/mol. The first-order chi connectivity index (χ1) is 5.66. The van der Waals surface area contributed by atoms with Gasteiger partial charge in [0.15, 0.2) is 0 Å². The van der Waals surface area contributed by atoms with Crippen LogP contribution in [0.5, 0.6) is 0 Å². The van der Waals surface area contributed by atoms with Crippen molar-refractivity contribution in [1.82, 2.24) is 9.27 Å². The third-order valence-electron chi connectivity index (χ3n) is 1.99. The van der Waals surface area contributed by atoms with Crippen molar-refractivity contribution < 1.29 is 0 Å². The summed E-state index contributed by atoms with van der Waals surface area (Å²) in [7, 11) is 4.07. The number of nitrogens with two attached hydrogens (primary N) is 1. The number of rotatable bonds is 3. The lowest BCUT2D eigenvalue weighted by Gasteiger charge is -2.21. The van der Waals surface area contributed by atoms with Gasteiger partial charge in [0.2, 0.25) is 0 Å². The lowest BCUT2D eigenvalue weighted by molar-refractivity contribution is 0.305. The highest BCUT2D eigenvalue weighted by Gasteiger charge is 2.15. The SMILES string of the molecule is Cc1nscc1C(CN)N(C)C. The highest BCUT2D eigenvalue weighted by atomic mass is 32.1. The number of aromatic nitrogens is 1. The van der Waals surface area contributed by atoms with E-state index in [2.05, 4.69) is 14.7 Å². The molecule has 0 radical (unpaired) electrons. The number of hydrogen-bond donors (Lipinski definition) is 1. The molecule has 0 aromatic carbocycles. The zero-order valence-electron chi connectivity index (χ0n) is 7.74. The van der Waals surface area contributed by atoms with Crippen molar-refractivity contribution in [1.29, 1.82) is 0 Å². The minimum absolute atomic E-state index is 0.309. The second kappa shape index (κ2) is 3.98. The molecule has 1 aromatic rings. The topological polar surface area (TPSA) is 42.1 Å². The molecule has 0 spiro atoms. The zero-order chi connectivity index (χ0) is 9.14. The third kappa shape index (κ3) is 1.83. The van der Waals surface area contributed by atoms with Crippen molar-refractivity contribution in [3.05, 3.63) is 16.6 Å². The van der Waals surface area contributed by atoms with Crippen LogP contribution >= 0.6 is 11.5 Å². The first-order valence-electron chi connectivity index (χ1n) is 3.94. The predicted octanol–water partition coefficient (Wildman–Crippen LogP) is 1.01. The Bertz CT molecular complexity index is 244. The summed E-state index contributed by atoms with van der Waals surface area (Å²) in [4.78, 5) is 2.12. The average Bonchev–Trinajstić information content (AvgIpc) is 2.38. The second-order valence-corrected chi connectivity index (χ2v) is 3.70. The van der Waals surface area contributed by atoms with Gasteiger partial charge in [0.1, 0.15) is 0 Å². The van der Waals surface area contributed by atoms with E-state index in [0.29, 0.717) is 12.6 Å². The van der Waals surface area contributed by atoms with E-state index in [1.165, 1.54) is 17.1 Å². The standard InChI is InChI=1S/C8H15N3S/c1-6-7(5-12-10-6)8(4-9)11(2)3/h5,8H,4,9H2,1-3H3. The maximum absolute atomic E-state index is 5.67. The van der Waals surface area contributed by atoms with Gasteiger partial charge in [-0.2, -0.15) is 4.37 Å². The molecule has 1 unspecified atom stereocenters. The highest BCUT2D eigenvalue weighted by Crippen LogP contribution is 2.21. The normalized spacial score (nSPS) is 13.8. The van der Waals surface area contributed by atoms with Gasteiger partial charge in [-0.1, -0.05) is 0 Å². The minimum atomic E-state index is 0.309. The lowest BCUT2D eigenvalue weighted by atomic mass is 10.1. The van der Waals surface area contributed by atoms with Gasteiger partial charge in [0, 0.05) is 23.5 Å². The van der Waals surface area contributed by atoms with Crippen LogP contribution in [0, 0.1) is 6.92 Å². The Kier molecular flexibility index (Phi) is 3.20. The van der Waals surface area contributed by atoms with E-state index in [-0.39, 0.29) is 0 Å². The summed E-state index contributed by atoms with van der Waals surface area (Å²) in [6, 6.07) is 0.309. The van der Waals surface area contributed by atoms with Gasteiger partial charge >= 0.3 is 0 Å².